The molecule has 0 saturated carbocycles. The lowest BCUT2D eigenvalue weighted by atomic mass is 10.0. The van der Waals surface area contributed by atoms with E-state index in [-0.39, 0.29) is 12.2 Å². The van der Waals surface area contributed by atoms with E-state index in [0.717, 1.165) is 11.6 Å². The molecule has 3 nitrogen and oxygen atoms in total. The van der Waals surface area contributed by atoms with E-state index in [2.05, 4.69) is 24.4 Å². The van der Waals surface area contributed by atoms with Gasteiger partial charge in [0.2, 0.25) is 5.78 Å². The highest BCUT2D eigenvalue weighted by molar-refractivity contribution is 6.75. The maximum absolute atomic E-state index is 13.7. The molecule has 0 atom stereocenters. The average Bonchev–Trinajstić information content (AvgIpc) is 2.36. The zero-order valence-electron chi connectivity index (χ0n) is 12.7. The molecule has 0 fully saturated rings. The highest BCUT2D eigenvalue weighted by Gasteiger charge is 2.49. The van der Waals surface area contributed by atoms with Gasteiger partial charge >= 0.3 is 11.9 Å². The Morgan fingerprint density at radius 2 is 1.86 bits per heavy atom. The van der Waals surface area contributed by atoms with Crippen molar-refractivity contribution in [3.8, 4) is 0 Å². The SMILES string of the molecule is CCOC(=O)C(F)(F)C(=O)c1cccc(C[Si](C)(C)C)c1. The number of ether oxygens (including phenoxy) is 1. The van der Waals surface area contributed by atoms with Crippen LogP contribution in [0, 0.1) is 0 Å². The summed E-state index contributed by atoms with van der Waals surface area (Å²) in [6, 6.07) is 6.87. The molecule has 0 aliphatic rings. The van der Waals surface area contributed by atoms with Crippen LogP contribution < -0.4 is 0 Å². The number of hydrogen-bond donors (Lipinski definition) is 0. The summed E-state index contributed by atoms with van der Waals surface area (Å²) in [4.78, 5) is 23.1. The van der Waals surface area contributed by atoms with Crippen molar-refractivity contribution in [3.63, 3.8) is 0 Å². The summed E-state index contributed by atoms with van der Waals surface area (Å²) in [5.41, 5.74) is 0.670. The van der Waals surface area contributed by atoms with Crippen molar-refractivity contribution in [1.82, 2.24) is 0 Å². The third-order valence-electron chi connectivity index (χ3n) is 2.74. The molecule has 0 radical (unpaired) electrons. The van der Waals surface area contributed by atoms with Gasteiger partial charge in [0.25, 0.3) is 0 Å². The van der Waals surface area contributed by atoms with Gasteiger partial charge in [0.05, 0.1) is 6.61 Å². The minimum absolute atomic E-state index is 0.163. The second-order valence-corrected chi connectivity index (χ2v) is 11.5. The zero-order chi connectivity index (χ0) is 16.3. The number of esters is 1. The zero-order valence-corrected chi connectivity index (χ0v) is 13.7. The Morgan fingerprint density at radius 1 is 1.24 bits per heavy atom. The van der Waals surface area contributed by atoms with Crippen molar-refractivity contribution >= 4 is 19.8 Å². The first-order valence-electron chi connectivity index (χ1n) is 6.76. The lowest BCUT2D eigenvalue weighted by Gasteiger charge is -2.17. The van der Waals surface area contributed by atoms with Gasteiger partial charge in [-0.05, 0) is 24.6 Å². The second kappa shape index (κ2) is 6.47. The van der Waals surface area contributed by atoms with Crippen LogP contribution in [0.1, 0.15) is 22.8 Å². The van der Waals surface area contributed by atoms with E-state index < -0.39 is 25.7 Å². The topological polar surface area (TPSA) is 43.4 Å². The quantitative estimate of drug-likeness (QED) is 0.349. The van der Waals surface area contributed by atoms with E-state index in [0.29, 0.717) is 0 Å². The number of carbonyl (C=O) groups excluding carboxylic acids is 2. The van der Waals surface area contributed by atoms with Crippen molar-refractivity contribution < 1.29 is 23.1 Å². The largest absolute Gasteiger partial charge is 0.461 e. The van der Waals surface area contributed by atoms with Crippen molar-refractivity contribution in [3.05, 3.63) is 35.4 Å². The van der Waals surface area contributed by atoms with Gasteiger partial charge in [0.1, 0.15) is 0 Å². The van der Waals surface area contributed by atoms with Crippen LogP contribution >= 0.6 is 0 Å². The van der Waals surface area contributed by atoms with Crippen LogP contribution in [0.5, 0.6) is 0 Å². The predicted octanol–water partition coefficient (Wildman–Crippen LogP) is 3.49. The molecule has 0 heterocycles. The number of hydrogen-bond acceptors (Lipinski definition) is 3. The smallest absolute Gasteiger partial charge is 0.404 e. The van der Waals surface area contributed by atoms with Gasteiger partial charge in [0, 0.05) is 13.6 Å². The summed E-state index contributed by atoms with van der Waals surface area (Å²) in [7, 11) is -1.43. The van der Waals surface area contributed by atoms with Crippen LogP contribution in [0.3, 0.4) is 0 Å². The minimum Gasteiger partial charge on any atom is -0.461 e. The van der Waals surface area contributed by atoms with Crippen LogP contribution in [0.4, 0.5) is 8.78 Å². The number of alkyl halides is 2. The molecule has 0 aromatic heterocycles. The Hall–Kier alpha value is -1.56. The van der Waals surface area contributed by atoms with Crippen molar-refractivity contribution in [1.29, 1.82) is 0 Å². The minimum atomic E-state index is -4.15. The van der Waals surface area contributed by atoms with Crippen LogP contribution in [0.25, 0.3) is 0 Å². The van der Waals surface area contributed by atoms with Crippen molar-refractivity contribution in [2.75, 3.05) is 6.61 Å². The van der Waals surface area contributed by atoms with Crippen LogP contribution in [-0.4, -0.2) is 32.4 Å². The lowest BCUT2D eigenvalue weighted by molar-refractivity contribution is -0.164. The summed E-state index contributed by atoms with van der Waals surface area (Å²) < 4.78 is 31.7. The maximum atomic E-state index is 13.7. The van der Waals surface area contributed by atoms with Crippen molar-refractivity contribution in [2.45, 2.75) is 38.5 Å². The fourth-order valence-corrected chi connectivity index (χ4v) is 3.38. The van der Waals surface area contributed by atoms with E-state index in [1.54, 1.807) is 12.1 Å². The number of Topliss-reactive ketones (excluding diaryl/α,β-unsaturated/α-hetero) is 1. The summed E-state index contributed by atoms with van der Waals surface area (Å²) in [5, 5.41) is 0. The molecule has 0 unspecified atom stereocenters. The normalized spacial score (nSPS) is 12.1. The predicted molar refractivity (Wildman–Crippen MR) is 79.4 cm³/mol. The number of benzene rings is 1. The third-order valence-corrected chi connectivity index (χ3v) is 4.21. The van der Waals surface area contributed by atoms with Crippen LogP contribution in [0.15, 0.2) is 24.3 Å². The number of ketones is 1. The van der Waals surface area contributed by atoms with E-state index >= 15 is 0 Å². The molecule has 0 spiro atoms. The summed E-state index contributed by atoms with van der Waals surface area (Å²) >= 11 is 0. The number of carbonyl (C=O) groups is 2. The van der Waals surface area contributed by atoms with Gasteiger partial charge in [-0.3, -0.25) is 4.79 Å². The molecule has 0 N–H and O–H groups in total. The van der Waals surface area contributed by atoms with Gasteiger partial charge in [-0.1, -0.05) is 37.8 Å². The molecule has 1 aromatic carbocycles. The standard InChI is InChI=1S/C15H20F2O3Si/c1-5-20-14(19)15(16,17)13(18)12-8-6-7-11(9-12)10-21(2,3)4/h6-9H,5,10H2,1-4H3. The van der Waals surface area contributed by atoms with Gasteiger partial charge in [0.15, 0.2) is 0 Å². The first kappa shape index (κ1) is 17.5. The monoisotopic (exact) mass is 314 g/mol. The Balaban J connectivity index is 3.02. The van der Waals surface area contributed by atoms with Crippen LogP contribution in [-0.2, 0) is 15.6 Å². The first-order valence-corrected chi connectivity index (χ1v) is 10.5. The molecule has 0 amide bonds. The number of halogens is 2. The maximum Gasteiger partial charge on any atom is 0.404 e. The molecular formula is C15H20F2O3Si. The van der Waals surface area contributed by atoms with Gasteiger partial charge < -0.3 is 4.74 Å². The summed E-state index contributed by atoms with van der Waals surface area (Å²) in [5.74, 6) is -7.46. The molecule has 0 bridgehead atoms. The lowest BCUT2D eigenvalue weighted by Crippen LogP contribution is -2.39. The first-order chi connectivity index (χ1) is 9.58. The van der Waals surface area contributed by atoms with Gasteiger partial charge in [-0.2, -0.15) is 8.78 Å². The molecule has 0 aliphatic heterocycles. The summed E-state index contributed by atoms with van der Waals surface area (Å²) in [6.07, 6.45) is 0. The van der Waals surface area contributed by atoms with Gasteiger partial charge in [-0.15, -0.1) is 0 Å². The molecular weight excluding hydrogens is 294 g/mol. The second-order valence-electron chi connectivity index (χ2n) is 6.06. The number of rotatable bonds is 6. The summed E-state index contributed by atoms with van der Waals surface area (Å²) in [6.45, 7) is 7.66. The third kappa shape index (κ3) is 4.73. The van der Waals surface area contributed by atoms with E-state index in [9.17, 15) is 18.4 Å². The van der Waals surface area contributed by atoms with Gasteiger partial charge in [-0.25, -0.2) is 4.79 Å². The van der Waals surface area contributed by atoms with E-state index in [1.165, 1.54) is 19.1 Å². The van der Waals surface area contributed by atoms with Crippen molar-refractivity contribution in [2.24, 2.45) is 0 Å². The highest BCUT2D eigenvalue weighted by Crippen LogP contribution is 2.23. The molecule has 6 heteroatoms. The Labute approximate surface area is 124 Å². The molecule has 1 rings (SSSR count). The van der Waals surface area contributed by atoms with E-state index in [1.807, 2.05) is 0 Å². The molecule has 1 aromatic rings. The fraction of sp³-hybridized carbons (Fsp3) is 0.467. The van der Waals surface area contributed by atoms with Crippen LogP contribution in [0.2, 0.25) is 19.6 Å². The fourth-order valence-electron chi connectivity index (χ4n) is 1.93. The molecule has 0 saturated heterocycles. The molecule has 116 valence electrons. The highest BCUT2D eigenvalue weighted by atomic mass is 28.3. The molecule has 21 heavy (non-hydrogen) atoms. The van der Waals surface area contributed by atoms with E-state index in [4.69, 9.17) is 0 Å². The Morgan fingerprint density at radius 3 is 2.38 bits per heavy atom. The molecule has 0 aliphatic carbocycles. The Bertz CT molecular complexity index is 536. The average molecular weight is 314 g/mol. The Kier molecular flexibility index (Phi) is 5.39.